The van der Waals surface area contributed by atoms with Gasteiger partial charge in [0.1, 0.15) is 0 Å². The Labute approximate surface area is 143 Å². The van der Waals surface area contributed by atoms with Crippen molar-refractivity contribution in [3.63, 3.8) is 0 Å². The minimum absolute atomic E-state index is 0.504. The summed E-state index contributed by atoms with van der Waals surface area (Å²) in [7, 11) is 0. The fourth-order valence-corrected chi connectivity index (χ4v) is 3.73. The molecule has 2 rings (SSSR count). The van der Waals surface area contributed by atoms with Crippen LogP contribution in [0.15, 0.2) is 22.7 Å². The second-order valence-electron chi connectivity index (χ2n) is 7.02. The average molecular weight is 373 g/mol. The van der Waals surface area contributed by atoms with Crippen LogP contribution in [0.2, 0.25) is 5.02 Å². The van der Waals surface area contributed by atoms with E-state index in [9.17, 15) is 0 Å². The highest BCUT2D eigenvalue weighted by Crippen LogP contribution is 2.40. The molecule has 1 aliphatic carbocycles. The fourth-order valence-electron chi connectivity index (χ4n) is 3.28. The maximum atomic E-state index is 6.15. The summed E-state index contributed by atoms with van der Waals surface area (Å²) in [6, 6.07) is 6.87. The number of halogens is 2. The zero-order valence-corrected chi connectivity index (χ0v) is 15.7. The van der Waals surface area contributed by atoms with Gasteiger partial charge in [-0.1, -0.05) is 44.9 Å². The molecule has 1 aromatic carbocycles. The lowest BCUT2D eigenvalue weighted by atomic mass is 9.69. The molecule has 0 heterocycles. The van der Waals surface area contributed by atoms with Crippen molar-refractivity contribution in [3.05, 3.63) is 33.3 Å². The van der Waals surface area contributed by atoms with Crippen LogP contribution in [0, 0.1) is 11.3 Å². The third-order valence-corrected chi connectivity index (χ3v) is 6.55. The lowest BCUT2D eigenvalue weighted by molar-refractivity contribution is 0.137. The molecule has 0 bridgehead atoms. The van der Waals surface area contributed by atoms with Crippen LogP contribution in [0.25, 0.3) is 0 Å². The molecule has 0 radical (unpaired) electrons. The van der Waals surface area contributed by atoms with E-state index in [1.165, 1.54) is 37.7 Å². The number of hydrogen-bond acceptors (Lipinski definition) is 1. The van der Waals surface area contributed by atoms with E-state index in [1.54, 1.807) is 0 Å². The highest BCUT2D eigenvalue weighted by Gasteiger charge is 2.31. The van der Waals surface area contributed by atoms with E-state index in [-0.39, 0.29) is 0 Å². The molecule has 1 aliphatic rings. The fraction of sp³-hybridized carbons (Fsp3) is 0.667. The Bertz CT molecular complexity index is 464. The van der Waals surface area contributed by atoms with Gasteiger partial charge in [-0.3, -0.25) is 0 Å². The average Bonchev–Trinajstić information content (AvgIpc) is 2.49. The summed E-state index contributed by atoms with van der Waals surface area (Å²) in [5, 5.41) is 4.49. The smallest absolute Gasteiger partial charge is 0.0551 e. The Kier molecular flexibility index (Phi) is 6.16. The largest absolute Gasteiger partial charge is 0.310 e. The van der Waals surface area contributed by atoms with E-state index in [0.29, 0.717) is 11.5 Å². The Hall–Kier alpha value is -0.0500. The Morgan fingerprint density at radius 3 is 2.48 bits per heavy atom. The molecular weight excluding hydrogens is 346 g/mol. The van der Waals surface area contributed by atoms with Crippen LogP contribution >= 0.6 is 27.5 Å². The third kappa shape index (κ3) is 4.71. The lowest BCUT2D eigenvalue weighted by Gasteiger charge is -2.39. The van der Waals surface area contributed by atoms with E-state index in [4.69, 9.17) is 11.6 Å². The maximum Gasteiger partial charge on any atom is 0.0551 e. The van der Waals surface area contributed by atoms with Crippen LogP contribution in [-0.2, 0) is 6.54 Å². The predicted molar refractivity (Wildman–Crippen MR) is 95.8 cm³/mol. The molecule has 0 unspecified atom stereocenters. The van der Waals surface area contributed by atoms with Crippen molar-refractivity contribution < 1.29 is 0 Å². The first kappa shape index (κ1) is 17.3. The number of rotatable bonds is 5. The van der Waals surface area contributed by atoms with Crippen molar-refractivity contribution >= 4 is 27.5 Å². The van der Waals surface area contributed by atoms with Crippen molar-refractivity contribution in [1.29, 1.82) is 0 Å². The monoisotopic (exact) mass is 371 g/mol. The summed E-state index contributed by atoms with van der Waals surface area (Å²) >= 11 is 9.58. The molecule has 3 heteroatoms. The molecule has 0 spiro atoms. The summed E-state index contributed by atoms with van der Waals surface area (Å²) in [6.45, 7) is 8.09. The second kappa shape index (κ2) is 7.48. The van der Waals surface area contributed by atoms with Crippen molar-refractivity contribution in [2.45, 2.75) is 65.5 Å². The van der Waals surface area contributed by atoms with Gasteiger partial charge in [0.05, 0.1) is 5.02 Å². The van der Waals surface area contributed by atoms with Gasteiger partial charge in [0, 0.05) is 17.1 Å². The molecule has 1 aromatic rings. The third-order valence-electron chi connectivity index (χ3n) is 5.32. The SMILES string of the molecule is CCC(C)(C)C1CCC(NCc2ccc(Br)c(Cl)c2)CC1. The normalized spacial score (nSPS) is 23.3. The molecule has 0 aromatic heterocycles. The highest BCUT2D eigenvalue weighted by atomic mass is 79.9. The van der Waals surface area contributed by atoms with Crippen LogP contribution in [0.1, 0.15) is 58.4 Å². The van der Waals surface area contributed by atoms with Crippen molar-refractivity contribution in [3.8, 4) is 0 Å². The molecule has 0 amide bonds. The summed E-state index contributed by atoms with van der Waals surface area (Å²) in [6.07, 6.45) is 6.61. The van der Waals surface area contributed by atoms with Crippen LogP contribution in [0.4, 0.5) is 0 Å². The maximum absolute atomic E-state index is 6.15. The molecular formula is C18H27BrClN. The molecule has 0 aliphatic heterocycles. The zero-order valence-electron chi connectivity index (χ0n) is 13.4. The predicted octanol–water partition coefficient (Wildman–Crippen LogP) is 6.19. The van der Waals surface area contributed by atoms with Crippen LogP contribution in [0.5, 0.6) is 0 Å². The van der Waals surface area contributed by atoms with Crippen LogP contribution < -0.4 is 5.32 Å². The van der Waals surface area contributed by atoms with Crippen molar-refractivity contribution in [2.75, 3.05) is 0 Å². The van der Waals surface area contributed by atoms with Gasteiger partial charge in [-0.2, -0.15) is 0 Å². The lowest BCUT2D eigenvalue weighted by Crippen LogP contribution is -2.36. The zero-order chi connectivity index (χ0) is 15.5. The van der Waals surface area contributed by atoms with Crippen LogP contribution in [0.3, 0.4) is 0 Å². The topological polar surface area (TPSA) is 12.0 Å². The van der Waals surface area contributed by atoms with Gasteiger partial charge in [0.15, 0.2) is 0 Å². The molecule has 0 atom stereocenters. The van der Waals surface area contributed by atoms with Crippen molar-refractivity contribution in [1.82, 2.24) is 5.32 Å². The van der Waals surface area contributed by atoms with E-state index < -0.39 is 0 Å². The van der Waals surface area contributed by atoms with Gasteiger partial charge < -0.3 is 5.32 Å². The first-order valence-corrected chi connectivity index (χ1v) is 9.27. The summed E-state index contributed by atoms with van der Waals surface area (Å²) < 4.78 is 0.968. The first-order valence-electron chi connectivity index (χ1n) is 8.09. The van der Waals surface area contributed by atoms with Crippen LogP contribution in [-0.4, -0.2) is 6.04 Å². The van der Waals surface area contributed by atoms with Gasteiger partial charge in [0.25, 0.3) is 0 Å². The van der Waals surface area contributed by atoms with Gasteiger partial charge in [-0.05, 0) is 70.6 Å². The summed E-state index contributed by atoms with van der Waals surface area (Å²) in [5.41, 5.74) is 1.77. The standard InChI is InChI=1S/C18H27BrClN/c1-4-18(2,3)14-6-8-15(9-7-14)21-12-13-5-10-16(19)17(20)11-13/h5,10-11,14-15,21H,4,6-9,12H2,1-3H3. The van der Waals surface area contributed by atoms with E-state index in [2.05, 4.69) is 48.1 Å². The van der Waals surface area contributed by atoms with Gasteiger partial charge in [-0.15, -0.1) is 0 Å². The molecule has 118 valence electrons. The number of hydrogen-bond donors (Lipinski definition) is 1. The molecule has 1 fully saturated rings. The van der Waals surface area contributed by atoms with Gasteiger partial charge in [-0.25, -0.2) is 0 Å². The minimum atomic E-state index is 0.504. The van der Waals surface area contributed by atoms with E-state index >= 15 is 0 Å². The molecule has 1 N–H and O–H groups in total. The molecule has 21 heavy (non-hydrogen) atoms. The highest BCUT2D eigenvalue weighted by molar-refractivity contribution is 9.10. The minimum Gasteiger partial charge on any atom is -0.310 e. The van der Waals surface area contributed by atoms with E-state index in [1.807, 2.05) is 12.1 Å². The molecule has 1 saturated carbocycles. The van der Waals surface area contributed by atoms with Gasteiger partial charge >= 0.3 is 0 Å². The summed E-state index contributed by atoms with van der Waals surface area (Å²) in [4.78, 5) is 0. The molecule has 0 saturated heterocycles. The first-order chi connectivity index (χ1) is 9.92. The number of nitrogens with one attached hydrogen (secondary N) is 1. The van der Waals surface area contributed by atoms with Crippen molar-refractivity contribution in [2.24, 2.45) is 11.3 Å². The van der Waals surface area contributed by atoms with Gasteiger partial charge in [0.2, 0.25) is 0 Å². The van der Waals surface area contributed by atoms with E-state index in [0.717, 1.165) is 22.0 Å². The Morgan fingerprint density at radius 1 is 1.24 bits per heavy atom. The summed E-state index contributed by atoms with van der Waals surface area (Å²) in [5.74, 6) is 0.891. The molecule has 1 nitrogen and oxygen atoms in total. The Balaban J connectivity index is 1.80. The Morgan fingerprint density at radius 2 is 1.90 bits per heavy atom. The quantitative estimate of drug-likeness (QED) is 0.650. The number of benzene rings is 1. The second-order valence-corrected chi connectivity index (χ2v) is 8.28.